The van der Waals surface area contributed by atoms with Gasteiger partial charge in [-0.15, -0.1) is 0 Å². The lowest BCUT2D eigenvalue weighted by atomic mass is 9.96. The summed E-state index contributed by atoms with van der Waals surface area (Å²) in [5, 5.41) is 0. The van der Waals surface area contributed by atoms with Gasteiger partial charge in [-0.1, -0.05) is 48.5 Å². The molecule has 0 aliphatic carbocycles. The number of ether oxygens (including phenoxy) is 2. The third-order valence-corrected chi connectivity index (χ3v) is 4.20. The van der Waals surface area contributed by atoms with Crippen molar-refractivity contribution in [3.63, 3.8) is 0 Å². The van der Waals surface area contributed by atoms with Crippen LogP contribution in [0.1, 0.15) is 18.1 Å². The van der Waals surface area contributed by atoms with E-state index in [-0.39, 0.29) is 0 Å². The van der Waals surface area contributed by atoms with Crippen LogP contribution in [0.15, 0.2) is 66.7 Å². The highest BCUT2D eigenvalue weighted by atomic mass is 16.6. The van der Waals surface area contributed by atoms with Crippen LogP contribution in [0.3, 0.4) is 0 Å². The summed E-state index contributed by atoms with van der Waals surface area (Å²) in [7, 11) is 0. The summed E-state index contributed by atoms with van der Waals surface area (Å²) in [6, 6.07) is 18.4. The van der Waals surface area contributed by atoms with E-state index >= 15 is 0 Å². The van der Waals surface area contributed by atoms with Gasteiger partial charge < -0.3 is 9.47 Å². The van der Waals surface area contributed by atoms with E-state index in [1.165, 1.54) is 0 Å². The predicted octanol–water partition coefficient (Wildman–Crippen LogP) is 3.78. The minimum atomic E-state index is -0.443. The fraction of sp³-hybridized carbons (Fsp3) is 0.222. The van der Waals surface area contributed by atoms with Gasteiger partial charge in [0, 0.05) is 5.56 Å². The first-order chi connectivity index (χ1) is 9.72. The number of benzene rings is 2. The Labute approximate surface area is 118 Å². The molecule has 2 nitrogen and oxygen atoms in total. The molecule has 100 valence electrons. The second-order valence-electron chi connectivity index (χ2n) is 5.58. The summed E-state index contributed by atoms with van der Waals surface area (Å²) < 4.78 is 12.3. The van der Waals surface area contributed by atoms with E-state index in [2.05, 4.69) is 37.3 Å². The molecule has 20 heavy (non-hydrogen) atoms. The van der Waals surface area contributed by atoms with Crippen molar-refractivity contribution in [2.24, 2.45) is 0 Å². The molecule has 2 aromatic carbocycles. The average molecular weight is 264 g/mol. The van der Waals surface area contributed by atoms with Gasteiger partial charge >= 0.3 is 0 Å². The molecule has 0 N–H and O–H groups in total. The predicted molar refractivity (Wildman–Crippen MR) is 77.6 cm³/mol. The fourth-order valence-electron chi connectivity index (χ4n) is 3.09. The molecule has 2 heteroatoms. The quantitative estimate of drug-likeness (QED) is 0.730. The summed E-state index contributed by atoms with van der Waals surface area (Å²) >= 11 is 0. The Kier molecular flexibility index (Phi) is 2.33. The highest BCUT2D eigenvalue weighted by Crippen LogP contribution is 2.49. The van der Waals surface area contributed by atoms with Crippen LogP contribution < -0.4 is 4.74 Å². The molecule has 2 aromatic rings. The smallest absolute Gasteiger partial charge is 0.150 e. The van der Waals surface area contributed by atoms with E-state index in [1.54, 1.807) is 0 Å². The maximum atomic E-state index is 6.47. The topological polar surface area (TPSA) is 18.5 Å². The molecular weight excluding hydrogens is 248 g/mol. The zero-order valence-corrected chi connectivity index (χ0v) is 11.4. The van der Waals surface area contributed by atoms with Crippen LogP contribution in [0.5, 0.6) is 5.75 Å². The Hall–Kier alpha value is -2.06. The third kappa shape index (κ3) is 1.55. The lowest BCUT2D eigenvalue weighted by Crippen LogP contribution is -2.32. The fourth-order valence-corrected chi connectivity index (χ4v) is 3.09. The van der Waals surface area contributed by atoms with Crippen molar-refractivity contribution >= 4 is 0 Å². The van der Waals surface area contributed by atoms with Gasteiger partial charge in [0.2, 0.25) is 0 Å². The Balaban J connectivity index is 1.75. The van der Waals surface area contributed by atoms with Gasteiger partial charge in [0.05, 0.1) is 0 Å². The van der Waals surface area contributed by atoms with Gasteiger partial charge in [-0.05, 0) is 30.7 Å². The molecule has 0 radical (unpaired) electrons. The molecule has 2 aliphatic heterocycles. The molecule has 0 aromatic heterocycles. The Morgan fingerprint density at radius 2 is 1.65 bits per heavy atom. The first-order valence-corrected chi connectivity index (χ1v) is 6.90. The zero-order chi connectivity index (χ0) is 13.6. The van der Waals surface area contributed by atoms with E-state index in [0.29, 0.717) is 6.61 Å². The van der Waals surface area contributed by atoms with Gasteiger partial charge in [0.15, 0.2) is 5.60 Å². The SMILES string of the molecule is C[C@]1(c2ccccc2)C=C[C@@]2(COc3ccccc32)O1. The van der Waals surface area contributed by atoms with Crippen molar-refractivity contribution in [3.05, 3.63) is 77.9 Å². The first-order valence-electron chi connectivity index (χ1n) is 6.90. The van der Waals surface area contributed by atoms with E-state index in [0.717, 1.165) is 16.9 Å². The normalized spacial score (nSPS) is 30.4. The third-order valence-electron chi connectivity index (χ3n) is 4.20. The van der Waals surface area contributed by atoms with Crippen LogP contribution in [-0.2, 0) is 15.9 Å². The van der Waals surface area contributed by atoms with Crippen molar-refractivity contribution < 1.29 is 9.47 Å². The van der Waals surface area contributed by atoms with Crippen LogP contribution in [0.25, 0.3) is 0 Å². The summed E-state index contributed by atoms with van der Waals surface area (Å²) in [5.74, 6) is 0.925. The van der Waals surface area contributed by atoms with E-state index < -0.39 is 11.2 Å². The Bertz CT molecular complexity index is 677. The second kappa shape index (κ2) is 3.97. The number of rotatable bonds is 1. The standard InChI is InChI=1S/C18H16O2/c1-17(14-7-3-2-4-8-14)11-12-18(20-17)13-19-16-10-6-5-9-15(16)18/h2-12H,13H2,1H3/t17-,18+/m1/s1. The van der Waals surface area contributed by atoms with Gasteiger partial charge in [-0.25, -0.2) is 0 Å². The van der Waals surface area contributed by atoms with Gasteiger partial charge in [0.1, 0.15) is 18.0 Å². The summed E-state index contributed by atoms with van der Waals surface area (Å²) in [5.41, 5.74) is 1.44. The van der Waals surface area contributed by atoms with E-state index in [9.17, 15) is 0 Å². The maximum Gasteiger partial charge on any atom is 0.150 e. The number of fused-ring (bicyclic) bond motifs is 2. The van der Waals surface area contributed by atoms with Crippen molar-refractivity contribution in [1.29, 1.82) is 0 Å². The molecule has 0 bridgehead atoms. The molecule has 0 unspecified atom stereocenters. The van der Waals surface area contributed by atoms with Gasteiger partial charge in [-0.2, -0.15) is 0 Å². The van der Waals surface area contributed by atoms with Crippen molar-refractivity contribution in [2.75, 3.05) is 6.61 Å². The van der Waals surface area contributed by atoms with Crippen LogP contribution >= 0.6 is 0 Å². The molecule has 0 amide bonds. The molecule has 0 saturated heterocycles. The van der Waals surface area contributed by atoms with E-state index in [4.69, 9.17) is 9.47 Å². The van der Waals surface area contributed by atoms with Crippen LogP contribution in [-0.4, -0.2) is 6.61 Å². The molecule has 4 rings (SSSR count). The summed E-state index contributed by atoms with van der Waals surface area (Å²) in [6.07, 6.45) is 4.29. The maximum absolute atomic E-state index is 6.47. The van der Waals surface area contributed by atoms with Crippen molar-refractivity contribution in [3.8, 4) is 5.75 Å². The minimum absolute atomic E-state index is 0.401. The molecular formula is C18H16O2. The molecule has 1 spiro atoms. The molecule has 0 saturated carbocycles. The van der Waals surface area contributed by atoms with E-state index in [1.807, 2.05) is 36.4 Å². The lowest BCUT2D eigenvalue weighted by molar-refractivity contribution is -0.0936. The minimum Gasteiger partial charge on any atom is -0.489 e. The van der Waals surface area contributed by atoms with Crippen LogP contribution in [0.4, 0.5) is 0 Å². The number of para-hydroxylation sites is 1. The van der Waals surface area contributed by atoms with Crippen molar-refractivity contribution in [1.82, 2.24) is 0 Å². The summed E-state index contributed by atoms with van der Waals surface area (Å²) in [6.45, 7) is 2.65. The van der Waals surface area contributed by atoms with Crippen molar-refractivity contribution in [2.45, 2.75) is 18.1 Å². The molecule has 2 atom stereocenters. The highest BCUT2D eigenvalue weighted by molar-refractivity contribution is 5.47. The number of hydrogen-bond donors (Lipinski definition) is 0. The molecule has 2 heterocycles. The highest BCUT2D eigenvalue weighted by Gasteiger charge is 2.49. The van der Waals surface area contributed by atoms with Crippen LogP contribution in [0, 0.1) is 0 Å². The second-order valence-corrected chi connectivity index (χ2v) is 5.58. The zero-order valence-electron chi connectivity index (χ0n) is 11.4. The monoisotopic (exact) mass is 264 g/mol. The largest absolute Gasteiger partial charge is 0.489 e. The van der Waals surface area contributed by atoms with Gasteiger partial charge in [-0.3, -0.25) is 0 Å². The Morgan fingerprint density at radius 3 is 2.50 bits per heavy atom. The van der Waals surface area contributed by atoms with Crippen LogP contribution in [0.2, 0.25) is 0 Å². The summed E-state index contributed by atoms with van der Waals surface area (Å²) in [4.78, 5) is 0. The molecule has 2 aliphatic rings. The number of hydrogen-bond acceptors (Lipinski definition) is 2. The van der Waals surface area contributed by atoms with Gasteiger partial charge in [0.25, 0.3) is 0 Å². The molecule has 0 fully saturated rings. The average Bonchev–Trinajstić information content (AvgIpc) is 3.04. The first kappa shape index (κ1) is 11.7. The lowest BCUT2D eigenvalue weighted by Gasteiger charge is -2.30. The Morgan fingerprint density at radius 1 is 0.900 bits per heavy atom.